The quantitative estimate of drug-likeness (QED) is 0.522. The average molecular weight is 492 g/mol. The second-order valence-corrected chi connectivity index (χ2v) is 10.8. The molecule has 2 aliphatic rings. The van der Waals surface area contributed by atoms with Crippen molar-refractivity contribution in [3.8, 4) is 5.75 Å². The van der Waals surface area contributed by atoms with Gasteiger partial charge in [-0.15, -0.1) is 0 Å². The molecule has 192 valence electrons. The van der Waals surface area contributed by atoms with Gasteiger partial charge in [0.1, 0.15) is 11.8 Å². The maximum atomic E-state index is 13.8. The Labute approximate surface area is 213 Å². The van der Waals surface area contributed by atoms with Crippen molar-refractivity contribution in [3.05, 3.63) is 64.7 Å². The van der Waals surface area contributed by atoms with Gasteiger partial charge in [0, 0.05) is 6.04 Å². The highest BCUT2D eigenvalue weighted by Gasteiger charge is 2.51. The molecule has 1 fully saturated rings. The molecule has 0 bridgehead atoms. The number of ether oxygens (including phenoxy) is 1. The second-order valence-electron chi connectivity index (χ2n) is 10.8. The average Bonchev–Trinajstić information content (AvgIpc) is 3.14. The lowest BCUT2D eigenvalue weighted by Crippen LogP contribution is -2.50. The predicted molar refractivity (Wildman–Crippen MR) is 138 cm³/mol. The van der Waals surface area contributed by atoms with Gasteiger partial charge in [-0.1, -0.05) is 44.2 Å². The summed E-state index contributed by atoms with van der Waals surface area (Å²) in [6, 6.07) is 13.1. The normalized spacial score (nSPS) is 23.3. The molecule has 1 heterocycles. The molecule has 1 aliphatic heterocycles. The van der Waals surface area contributed by atoms with Crippen LogP contribution in [0.25, 0.3) is 0 Å². The molecule has 2 aromatic carbocycles. The van der Waals surface area contributed by atoms with Crippen LogP contribution in [0, 0.1) is 5.41 Å². The predicted octanol–water partition coefficient (Wildman–Crippen LogP) is 3.86. The zero-order valence-electron chi connectivity index (χ0n) is 21.6. The lowest BCUT2D eigenvalue weighted by molar-refractivity contribution is -0.135. The van der Waals surface area contributed by atoms with E-state index in [0.717, 1.165) is 36.8 Å². The van der Waals surface area contributed by atoms with Gasteiger partial charge in [-0.3, -0.25) is 14.4 Å². The monoisotopic (exact) mass is 491 g/mol. The number of amides is 3. The van der Waals surface area contributed by atoms with E-state index in [2.05, 4.69) is 36.6 Å². The lowest BCUT2D eigenvalue weighted by atomic mass is 9.81. The largest absolute Gasteiger partial charge is 0.497 e. The van der Waals surface area contributed by atoms with Crippen LogP contribution in [0.4, 0.5) is 0 Å². The number of rotatable bonds is 9. The van der Waals surface area contributed by atoms with Gasteiger partial charge in [0.15, 0.2) is 0 Å². The molecular weight excluding hydrogens is 454 g/mol. The van der Waals surface area contributed by atoms with Gasteiger partial charge < -0.3 is 20.3 Å². The fraction of sp³-hybridized carbons (Fsp3) is 0.483. The van der Waals surface area contributed by atoms with E-state index in [1.807, 2.05) is 37.3 Å². The molecule has 4 rings (SSSR count). The number of carbonyl (C=O) groups excluding carboxylic acids is 3. The van der Waals surface area contributed by atoms with Crippen molar-refractivity contribution < 1.29 is 19.1 Å². The summed E-state index contributed by atoms with van der Waals surface area (Å²) in [5.41, 5.74) is 4.01. The lowest BCUT2D eigenvalue weighted by Gasteiger charge is -2.34. The van der Waals surface area contributed by atoms with Crippen molar-refractivity contribution >= 4 is 18.7 Å². The van der Waals surface area contributed by atoms with E-state index in [1.165, 1.54) is 11.1 Å². The number of hydrogen-bond donors (Lipinski definition) is 2. The number of aryl methyl sites for hydroxylation is 1. The third-order valence-electron chi connectivity index (χ3n) is 7.76. The number of likely N-dealkylation sites (tertiary alicyclic amines) is 1. The van der Waals surface area contributed by atoms with E-state index in [1.54, 1.807) is 12.0 Å². The van der Waals surface area contributed by atoms with Gasteiger partial charge in [-0.25, -0.2) is 0 Å². The Morgan fingerprint density at radius 3 is 2.69 bits per heavy atom. The zero-order valence-corrected chi connectivity index (χ0v) is 21.6. The van der Waals surface area contributed by atoms with Crippen LogP contribution in [-0.2, 0) is 27.2 Å². The fourth-order valence-corrected chi connectivity index (χ4v) is 6.06. The molecule has 1 aliphatic carbocycles. The Hall–Kier alpha value is -3.35. The first-order valence-corrected chi connectivity index (χ1v) is 12.8. The maximum absolute atomic E-state index is 13.8. The maximum Gasteiger partial charge on any atom is 0.243 e. The first kappa shape index (κ1) is 25.7. The molecule has 3 amide bonds. The molecule has 0 saturated carbocycles. The van der Waals surface area contributed by atoms with Crippen molar-refractivity contribution in [2.45, 2.75) is 77.0 Å². The first-order chi connectivity index (χ1) is 17.3. The van der Waals surface area contributed by atoms with Crippen molar-refractivity contribution in [3.63, 3.8) is 0 Å². The van der Waals surface area contributed by atoms with Gasteiger partial charge in [0.25, 0.3) is 0 Å². The highest BCUT2D eigenvalue weighted by molar-refractivity contribution is 5.86. The van der Waals surface area contributed by atoms with Gasteiger partial charge in [0.2, 0.25) is 18.7 Å². The summed E-state index contributed by atoms with van der Waals surface area (Å²) in [5, 5.41) is 6.09. The van der Waals surface area contributed by atoms with Crippen molar-refractivity contribution in [2.24, 2.45) is 5.41 Å². The molecule has 36 heavy (non-hydrogen) atoms. The Bertz CT molecular complexity index is 1120. The van der Waals surface area contributed by atoms with E-state index >= 15 is 0 Å². The minimum Gasteiger partial charge on any atom is -0.497 e. The molecule has 2 N–H and O–H groups in total. The molecule has 4 atom stereocenters. The number of nitrogens with zero attached hydrogens (tertiary/aromatic N) is 1. The molecule has 0 aromatic heterocycles. The molecular formula is C29H37N3O4. The van der Waals surface area contributed by atoms with Gasteiger partial charge in [-0.05, 0) is 78.8 Å². The fourth-order valence-electron chi connectivity index (χ4n) is 6.06. The molecule has 2 aromatic rings. The number of benzene rings is 2. The van der Waals surface area contributed by atoms with Crippen LogP contribution in [0.5, 0.6) is 5.75 Å². The van der Waals surface area contributed by atoms with Crippen LogP contribution in [0.15, 0.2) is 42.5 Å². The number of nitrogens with one attached hydrogen (secondary N) is 2. The van der Waals surface area contributed by atoms with Crippen LogP contribution in [0.3, 0.4) is 0 Å². The summed E-state index contributed by atoms with van der Waals surface area (Å²) in [6.07, 6.45) is 5.70. The minimum atomic E-state index is -0.588. The summed E-state index contributed by atoms with van der Waals surface area (Å²) < 4.78 is 5.44. The summed E-state index contributed by atoms with van der Waals surface area (Å²) in [7, 11) is 1.62. The van der Waals surface area contributed by atoms with E-state index in [0.29, 0.717) is 25.0 Å². The summed E-state index contributed by atoms with van der Waals surface area (Å²) >= 11 is 0. The van der Waals surface area contributed by atoms with E-state index in [9.17, 15) is 14.4 Å². The van der Waals surface area contributed by atoms with E-state index < -0.39 is 11.5 Å². The molecule has 0 radical (unpaired) electrons. The van der Waals surface area contributed by atoms with Crippen LogP contribution in [0.1, 0.15) is 74.4 Å². The highest BCUT2D eigenvalue weighted by atomic mass is 16.5. The third kappa shape index (κ3) is 5.11. The Morgan fingerprint density at radius 2 is 1.97 bits per heavy atom. The Balaban J connectivity index is 1.63. The topological polar surface area (TPSA) is 87.7 Å². The second kappa shape index (κ2) is 10.7. The zero-order chi connectivity index (χ0) is 25.9. The van der Waals surface area contributed by atoms with Crippen LogP contribution >= 0.6 is 0 Å². The third-order valence-corrected chi connectivity index (χ3v) is 7.76. The summed E-state index contributed by atoms with van der Waals surface area (Å²) in [6.45, 7) is 6.05. The van der Waals surface area contributed by atoms with Gasteiger partial charge >= 0.3 is 0 Å². The molecule has 7 heteroatoms. The number of methoxy groups -OCH3 is 1. The summed E-state index contributed by atoms with van der Waals surface area (Å²) in [5.74, 6) is 0.606. The number of fused-ring (bicyclic) bond motifs is 1. The standard InChI is InChI=1S/C29H37N3O4/c1-19(30-17-33)14-21-15-22(36-4)12-13-24(21)26-16-29(2,3)27(32(26)18-34)28(35)31-25-11-7-9-20-8-5-6-10-23(20)25/h5-6,8,10,12-13,15,17-19,25-27H,7,9,11,14,16H2,1-4H3,(H,30,33)(H,31,35). The number of hydrogen-bond acceptors (Lipinski definition) is 4. The molecule has 1 saturated heterocycles. The number of carbonyl (C=O) groups is 3. The van der Waals surface area contributed by atoms with Crippen LogP contribution < -0.4 is 15.4 Å². The Kier molecular flexibility index (Phi) is 7.67. The van der Waals surface area contributed by atoms with Crippen molar-refractivity contribution in [1.82, 2.24) is 15.5 Å². The van der Waals surface area contributed by atoms with Crippen molar-refractivity contribution in [1.29, 1.82) is 0 Å². The molecule has 4 unspecified atom stereocenters. The van der Waals surface area contributed by atoms with Crippen molar-refractivity contribution in [2.75, 3.05) is 7.11 Å². The smallest absolute Gasteiger partial charge is 0.243 e. The van der Waals surface area contributed by atoms with Gasteiger partial charge in [0.05, 0.1) is 19.2 Å². The first-order valence-electron chi connectivity index (χ1n) is 12.8. The van der Waals surface area contributed by atoms with E-state index in [4.69, 9.17) is 4.74 Å². The minimum absolute atomic E-state index is 0.0439. The van der Waals surface area contributed by atoms with Gasteiger partial charge in [-0.2, -0.15) is 0 Å². The Morgan fingerprint density at radius 1 is 1.19 bits per heavy atom. The van der Waals surface area contributed by atoms with Crippen LogP contribution in [-0.4, -0.2) is 42.8 Å². The molecule has 0 spiro atoms. The summed E-state index contributed by atoms with van der Waals surface area (Å²) in [4.78, 5) is 38.9. The van der Waals surface area contributed by atoms with E-state index in [-0.39, 0.29) is 24.0 Å². The SMILES string of the molecule is COc1ccc(C2CC(C)(C)C(C(=O)NC3CCCc4ccccc43)N2C=O)c(CC(C)NC=O)c1. The van der Waals surface area contributed by atoms with Crippen LogP contribution in [0.2, 0.25) is 0 Å². The highest BCUT2D eigenvalue weighted by Crippen LogP contribution is 2.48. The molecule has 7 nitrogen and oxygen atoms in total.